The van der Waals surface area contributed by atoms with Crippen molar-refractivity contribution < 1.29 is 4.42 Å². The van der Waals surface area contributed by atoms with E-state index in [1.165, 1.54) is 0 Å². The number of hydrogen-bond donors (Lipinski definition) is 0. The Hall–Kier alpha value is -0.830. The fraction of sp³-hybridized carbons (Fsp3) is 0.667. The summed E-state index contributed by atoms with van der Waals surface area (Å²) in [5.74, 6) is 1.39. The Labute approximate surface area is 72.4 Å². The van der Waals surface area contributed by atoms with Crippen molar-refractivity contribution in [2.24, 2.45) is 0 Å². The van der Waals surface area contributed by atoms with Crippen molar-refractivity contribution in [3.8, 4) is 0 Å². The van der Waals surface area contributed by atoms with Gasteiger partial charge in [-0.3, -0.25) is 0 Å². The van der Waals surface area contributed by atoms with Crippen molar-refractivity contribution in [2.75, 3.05) is 13.6 Å². The summed E-state index contributed by atoms with van der Waals surface area (Å²) >= 11 is 0. The highest BCUT2D eigenvalue weighted by atomic mass is 16.3. The largest absolute Gasteiger partial charge is 0.449 e. The van der Waals surface area contributed by atoms with E-state index in [9.17, 15) is 0 Å². The van der Waals surface area contributed by atoms with Gasteiger partial charge in [0.1, 0.15) is 6.26 Å². The summed E-state index contributed by atoms with van der Waals surface area (Å²) in [5.41, 5.74) is 0. The maximum absolute atomic E-state index is 5.28. The van der Waals surface area contributed by atoms with Crippen LogP contribution in [-0.2, 0) is 0 Å². The Morgan fingerprint density at radius 2 is 2.50 bits per heavy atom. The van der Waals surface area contributed by atoms with E-state index >= 15 is 0 Å². The first-order valence-corrected chi connectivity index (χ1v) is 4.37. The molecule has 0 saturated carbocycles. The van der Waals surface area contributed by atoms with Crippen molar-refractivity contribution >= 4 is 0 Å². The predicted molar refractivity (Wildman–Crippen MR) is 46.0 cm³/mol. The lowest BCUT2D eigenvalue weighted by atomic mass is 10.1. The first kappa shape index (κ1) is 7.80. The molecule has 0 spiro atoms. The molecular weight excluding hydrogens is 152 g/mol. The van der Waals surface area contributed by atoms with Gasteiger partial charge < -0.3 is 9.32 Å². The molecule has 1 fully saturated rings. The second-order valence-corrected chi connectivity index (χ2v) is 3.59. The van der Waals surface area contributed by atoms with Gasteiger partial charge in [-0.25, -0.2) is 4.98 Å². The molecule has 1 aromatic rings. The number of aromatic nitrogens is 1. The average molecular weight is 166 g/mol. The summed E-state index contributed by atoms with van der Waals surface area (Å²) in [4.78, 5) is 6.52. The lowest BCUT2D eigenvalue weighted by Gasteiger charge is -2.12. The normalized spacial score (nSPS) is 31.2. The van der Waals surface area contributed by atoms with Gasteiger partial charge in [0.05, 0.1) is 6.20 Å². The van der Waals surface area contributed by atoms with Crippen LogP contribution in [0.1, 0.15) is 25.2 Å². The van der Waals surface area contributed by atoms with E-state index in [4.69, 9.17) is 4.42 Å². The summed E-state index contributed by atoms with van der Waals surface area (Å²) in [6.45, 7) is 3.31. The topological polar surface area (TPSA) is 29.3 Å². The molecule has 1 aliphatic heterocycles. The van der Waals surface area contributed by atoms with Crippen LogP contribution in [-0.4, -0.2) is 29.5 Å². The molecule has 0 aromatic carbocycles. The Kier molecular flexibility index (Phi) is 1.89. The SMILES string of the molecule is CC1C[C@H](c2ncco2)CN1C. The number of nitrogens with zero attached hydrogens (tertiary/aromatic N) is 2. The third kappa shape index (κ3) is 1.25. The van der Waals surface area contributed by atoms with Crippen LogP contribution in [0.2, 0.25) is 0 Å². The highest BCUT2D eigenvalue weighted by molar-refractivity contribution is 4.99. The molecule has 0 bridgehead atoms. The number of likely N-dealkylation sites (tertiary alicyclic amines) is 1. The Bertz CT molecular complexity index is 235. The zero-order valence-corrected chi connectivity index (χ0v) is 7.53. The van der Waals surface area contributed by atoms with Gasteiger partial charge >= 0.3 is 0 Å². The van der Waals surface area contributed by atoms with Crippen LogP contribution in [0.15, 0.2) is 16.9 Å². The first-order chi connectivity index (χ1) is 5.77. The second kappa shape index (κ2) is 2.90. The van der Waals surface area contributed by atoms with Crippen molar-refractivity contribution in [3.63, 3.8) is 0 Å². The monoisotopic (exact) mass is 166 g/mol. The summed E-state index contributed by atoms with van der Waals surface area (Å²) in [5, 5.41) is 0. The van der Waals surface area contributed by atoms with Crippen LogP contribution < -0.4 is 0 Å². The lowest BCUT2D eigenvalue weighted by molar-refractivity contribution is 0.326. The average Bonchev–Trinajstić information content (AvgIpc) is 2.61. The fourth-order valence-electron chi connectivity index (χ4n) is 1.81. The number of likely N-dealkylation sites (N-methyl/N-ethyl adjacent to an activating group) is 1. The first-order valence-electron chi connectivity index (χ1n) is 4.37. The molecule has 0 amide bonds. The van der Waals surface area contributed by atoms with Crippen molar-refractivity contribution in [2.45, 2.75) is 25.3 Å². The summed E-state index contributed by atoms with van der Waals surface area (Å²) < 4.78 is 5.28. The van der Waals surface area contributed by atoms with Crippen LogP contribution in [0.4, 0.5) is 0 Å². The highest BCUT2D eigenvalue weighted by Gasteiger charge is 2.29. The smallest absolute Gasteiger partial charge is 0.198 e. The van der Waals surface area contributed by atoms with E-state index in [1.54, 1.807) is 12.5 Å². The van der Waals surface area contributed by atoms with Crippen LogP contribution >= 0.6 is 0 Å². The maximum atomic E-state index is 5.28. The van der Waals surface area contributed by atoms with Crippen LogP contribution in [0.5, 0.6) is 0 Å². The minimum atomic E-state index is 0.500. The van der Waals surface area contributed by atoms with E-state index in [2.05, 4.69) is 23.9 Å². The van der Waals surface area contributed by atoms with Crippen LogP contribution in [0.25, 0.3) is 0 Å². The molecule has 1 aromatic heterocycles. The van der Waals surface area contributed by atoms with Crippen molar-refractivity contribution in [1.29, 1.82) is 0 Å². The molecule has 2 rings (SSSR count). The molecular formula is C9H14N2O. The number of rotatable bonds is 1. The Morgan fingerprint density at radius 1 is 1.67 bits per heavy atom. The molecule has 1 saturated heterocycles. The van der Waals surface area contributed by atoms with Gasteiger partial charge in [-0.05, 0) is 20.4 Å². The minimum absolute atomic E-state index is 0.500. The molecule has 0 N–H and O–H groups in total. The quantitative estimate of drug-likeness (QED) is 0.633. The molecule has 0 radical (unpaired) electrons. The maximum Gasteiger partial charge on any atom is 0.198 e. The summed E-state index contributed by atoms with van der Waals surface area (Å²) in [6, 6.07) is 0.655. The molecule has 3 nitrogen and oxygen atoms in total. The molecule has 1 unspecified atom stereocenters. The second-order valence-electron chi connectivity index (χ2n) is 3.59. The van der Waals surface area contributed by atoms with Crippen LogP contribution in [0, 0.1) is 0 Å². The lowest BCUT2D eigenvalue weighted by Crippen LogP contribution is -2.21. The molecule has 2 heterocycles. The molecule has 66 valence electrons. The van der Waals surface area contributed by atoms with Gasteiger partial charge in [0.15, 0.2) is 5.89 Å². The van der Waals surface area contributed by atoms with E-state index in [0.29, 0.717) is 12.0 Å². The molecule has 12 heavy (non-hydrogen) atoms. The Morgan fingerprint density at radius 3 is 3.00 bits per heavy atom. The van der Waals surface area contributed by atoms with E-state index in [0.717, 1.165) is 18.9 Å². The van der Waals surface area contributed by atoms with Crippen molar-refractivity contribution in [3.05, 3.63) is 18.4 Å². The molecule has 3 heteroatoms. The number of oxazole rings is 1. The van der Waals surface area contributed by atoms with Crippen molar-refractivity contribution in [1.82, 2.24) is 9.88 Å². The number of hydrogen-bond acceptors (Lipinski definition) is 3. The van der Waals surface area contributed by atoms with Gasteiger partial charge in [-0.2, -0.15) is 0 Å². The third-order valence-corrected chi connectivity index (χ3v) is 2.69. The molecule has 2 atom stereocenters. The van der Waals surface area contributed by atoms with Gasteiger partial charge in [0.2, 0.25) is 0 Å². The van der Waals surface area contributed by atoms with E-state index < -0.39 is 0 Å². The predicted octanol–water partition coefficient (Wildman–Crippen LogP) is 1.48. The summed E-state index contributed by atoms with van der Waals surface area (Å²) in [7, 11) is 2.15. The van der Waals surface area contributed by atoms with Gasteiger partial charge in [0, 0.05) is 18.5 Å². The zero-order valence-electron chi connectivity index (χ0n) is 7.53. The summed E-state index contributed by atoms with van der Waals surface area (Å²) in [6.07, 6.45) is 4.54. The standard InChI is InChI=1S/C9H14N2O/c1-7-5-8(6-11(7)2)9-10-3-4-12-9/h3-4,7-8H,5-6H2,1-2H3/t7?,8-/m0/s1. The van der Waals surface area contributed by atoms with E-state index in [-0.39, 0.29) is 0 Å². The fourth-order valence-corrected chi connectivity index (χ4v) is 1.81. The van der Waals surface area contributed by atoms with Gasteiger partial charge in [0.25, 0.3) is 0 Å². The minimum Gasteiger partial charge on any atom is -0.449 e. The molecule has 0 aliphatic carbocycles. The highest BCUT2D eigenvalue weighted by Crippen LogP contribution is 2.28. The third-order valence-electron chi connectivity index (χ3n) is 2.69. The van der Waals surface area contributed by atoms with E-state index in [1.807, 2.05) is 0 Å². The molecule has 1 aliphatic rings. The zero-order chi connectivity index (χ0) is 8.55. The van der Waals surface area contributed by atoms with Gasteiger partial charge in [-0.1, -0.05) is 0 Å². The van der Waals surface area contributed by atoms with Gasteiger partial charge in [-0.15, -0.1) is 0 Å². The van der Waals surface area contributed by atoms with Crippen LogP contribution in [0.3, 0.4) is 0 Å². The Balaban J connectivity index is 2.09.